The first-order valence-corrected chi connectivity index (χ1v) is 6.95. The van der Waals surface area contributed by atoms with Gasteiger partial charge in [-0.2, -0.15) is 0 Å². The highest BCUT2D eigenvalue weighted by Crippen LogP contribution is 2.32. The van der Waals surface area contributed by atoms with Crippen LogP contribution in [0, 0.1) is 0 Å². The molecule has 1 aliphatic rings. The number of ether oxygens (including phenoxy) is 1. The molecule has 2 aromatic heterocycles. The van der Waals surface area contributed by atoms with Crippen molar-refractivity contribution in [3.05, 3.63) is 47.7 Å². The monoisotopic (exact) mass is 269 g/mol. The van der Waals surface area contributed by atoms with Crippen LogP contribution in [0.1, 0.15) is 5.56 Å². The molecule has 1 aliphatic heterocycles. The molecule has 0 saturated heterocycles. The Kier molecular flexibility index (Phi) is 2.38. The minimum Gasteiger partial charge on any atom is -0.493 e. The average molecular weight is 269 g/mol. The van der Waals surface area contributed by atoms with Crippen LogP contribution in [0.2, 0.25) is 0 Å². The zero-order chi connectivity index (χ0) is 12.7. The molecule has 0 bridgehead atoms. The predicted molar refractivity (Wildman–Crippen MR) is 73.9 cm³/mol. The van der Waals surface area contributed by atoms with Gasteiger partial charge in [0.05, 0.1) is 18.5 Å². The maximum Gasteiger partial charge on any atom is 0.146 e. The van der Waals surface area contributed by atoms with Gasteiger partial charge in [-0.1, -0.05) is 6.07 Å². The zero-order valence-electron chi connectivity index (χ0n) is 10.1. The fraction of sp³-hybridized carbons (Fsp3) is 0.143. The zero-order valence-corrected chi connectivity index (χ0v) is 10.9. The van der Waals surface area contributed by atoms with Crippen molar-refractivity contribution in [1.29, 1.82) is 0 Å². The van der Waals surface area contributed by atoms with E-state index in [1.54, 1.807) is 0 Å². The molecule has 0 aliphatic carbocycles. The number of fused-ring (bicyclic) bond motifs is 1. The summed E-state index contributed by atoms with van der Waals surface area (Å²) in [4.78, 5) is 4.45. The van der Waals surface area contributed by atoms with E-state index in [9.17, 15) is 0 Å². The van der Waals surface area contributed by atoms with Gasteiger partial charge in [-0.05, 0) is 23.7 Å². The molecule has 94 valence electrons. The van der Waals surface area contributed by atoms with Crippen molar-refractivity contribution in [1.82, 2.24) is 13.9 Å². The van der Waals surface area contributed by atoms with Gasteiger partial charge in [-0.15, -0.1) is 0 Å². The van der Waals surface area contributed by atoms with Crippen LogP contribution in [-0.2, 0) is 6.42 Å². The summed E-state index contributed by atoms with van der Waals surface area (Å²) in [5.41, 5.74) is 3.45. The van der Waals surface area contributed by atoms with Gasteiger partial charge in [0.1, 0.15) is 11.6 Å². The molecular weight excluding hydrogens is 258 g/mol. The molecule has 0 unspecified atom stereocenters. The van der Waals surface area contributed by atoms with E-state index in [0.29, 0.717) is 0 Å². The maximum atomic E-state index is 5.62. The third-order valence-corrected chi connectivity index (χ3v) is 3.90. The number of benzene rings is 1. The van der Waals surface area contributed by atoms with Gasteiger partial charge in [-0.3, -0.25) is 4.57 Å². The Morgan fingerprint density at radius 2 is 2.32 bits per heavy atom. The second-order valence-electron chi connectivity index (χ2n) is 4.39. The van der Waals surface area contributed by atoms with Crippen molar-refractivity contribution in [3.63, 3.8) is 0 Å². The minimum absolute atomic E-state index is 0.760. The second kappa shape index (κ2) is 4.20. The number of hydrogen-bond donors (Lipinski definition) is 0. The van der Waals surface area contributed by atoms with E-state index in [4.69, 9.17) is 4.74 Å². The molecule has 19 heavy (non-hydrogen) atoms. The quantitative estimate of drug-likeness (QED) is 0.718. The summed E-state index contributed by atoms with van der Waals surface area (Å²) >= 11 is 1.44. The van der Waals surface area contributed by atoms with Crippen LogP contribution in [0.3, 0.4) is 0 Å². The van der Waals surface area contributed by atoms with Gasteiger partial charge in [-0.25, -0.2) is 9.36 Å². The van der Waals surface area contributed by atoms with Gasteiger partial charge in [0.15, 0.2) is 0 Å². The molecule has 0 N–H and O–H groups in total. The van der Waals surface area contributed by atoms with Crippen LogP contribution in [-0.4, -0.2) is 20.5 Å². The van der Waals surface area contributed by atoms with Crippen molar-refractivity contribution in [2.75, 3.05) is 6.61 Å². The molecule has 0 fully saturated rings. The highest BCUT2D eigenvalue weighted by atomic mass is 32.1. The molecule has 4 nitrogen and oxygen atoms in total. The Morgan fingerprint density at radius 3 is 3.21 bits per heavy atom. The summed E-state index contributed by atoms with van der Waals surface area (Å²) in [5.74, 6) is 1.91. The van der Waals surface area contributed by atoms with E-state index in [-0.39, 0.29) is 0 Å². The first-order valence-electron chi connectivity index (χ1n) is 6.11. The molecule has 3 aromatic rings. The molecule has 3 heterocycles. The number of hydrogen-bond acceptors (Lipinski definition) is 4. The lowest BCUT2D eigenvalue weighted by molar-refractivity contribution is 0.357. The predicted octanol–water partition coefficient (Wildman–Crippen LogP) is 2.93. The fourth-order valence-corrected chi connectivity index (χ4v) is 2.97. The molecule has 1 aromatic carbocycles. The maximum absolute atomic E-state index is 5.62. The molecule has 0 radical (unpaired) electrons. The van der Waals surface area contributed by atoms with Crippen molar-refractivity contribution in [2.45, 2.75) is 6.42 Å². The smallest absolute Gasteiger partial charge is 0.146 e. The summed E-state index contributed by atoms with van der Waals surface area (Å²) in [6.45, 7) is 0.760. The SMILES string of the molecule is c1cc2c(c(-n3ccnc3-c3cnsc3)c1)CCO2. The number of nitrogens with zero attached hydrogens (tertiary/aromatic N) is 3. The van der Waals surface area contributed by atoms with Gasteiger partial charge in [0.25, 0.3) is 0 Å². The summed E-state index contributed by atoms with van der Waals surface area (Å²) in [7, 11) is 0. The molecule has 0 atom stereocenters. The Bertz CT molecular complexity index is 718. The molecular formula is C14H11N3OS. The van der Waals surface area contributed by atoms with E-state index in [1.165, 1.54) is 17.1 Å². The highest BCUT2D eigenvalue weighted by molar-refractivity contribution is 7.03. The molecule has 0 saturated carbocycles. The second-order valence-corrected chi connectivity index (χ2v) is 5.04. The third-order valence-electron chi connectivity index (χ3n) is 3.31. The largest absolute Gasteiger partial charge is 0.493 e. The lowest BCUT2D eigenvalue weighted by atomic mass is 10.1. The van der Waals surface area contributed by atoms with Gasteiger partial charge in [0, 0.05) is 35.3 Å². The van der Waals surface area contributed by atoms with Crippen molar-refractivity contribution in [3.8, 4) is 22.8 Å². The van der Waals surface area contributed by atoms with E-state index < -0.39 is 0 Å². The van der Waals surface area contributed by atoms with Gasteiger partial charge < -0.3 is 4.74 Å². The Morgan fingerprint density at radius 1 is 1.32 bits per heavy atom. The molecule has 5 heteroatoms. The Labute approximate surface area is 114 Å². The Balaban J connectivity index is 1.91. The fourth-order valence-electron chi connectivity index (χ4n) is 2.46. The van der Waals surface area contributed by atoms with E-state index in [0.717, 1.165) is 35.9 Å². The number of rotatable bonds is 2. The third kappa shape index (κ3) is 1.66. The Hall–Kier alpha value is -2.14. The summed E-state index contributed by atoms with van der Waals surface area (Å²) in [6, 6.07) is 6.15. The van der Waals surface area contributed by atoms with Crippen LogP contribution in [0.25, 0.3) is 17.1 Å². The normalized spacial score (nSPS) is 13.3. The lowest BCUT2D eigenvalue weighted by Crippen LogP contribution is -1.99. The van der Waals surface area contributed by atoms with Crippen LogP contribution in [0.5, 0.6) is 5.75 Å². The summed E-state index contributed by atoms with van der Waals surface area (Å²) in [5, 5.41) is 2.01. The van der Waals surface area contributed by atoms with Crippen molar-refractivity contribution < 1.29 is 4.74 Å². The van der Waals surface area contributed by atoms with Crippen LogP contribution in [0.15, 0.2) is 42.2 Å². The standard InChI is InChI=1S/C14H11N3OS/c1-2-12(11-4-7-18-13(11)3-1)17-6-5-15-14(17)10-8-16-19-9-10/h1-3,5-6,8-9H,4,7H2. The first kappa shape index (κ1) is 10.8. The van der Waals surface area contributed by atoms with Crippen molar-refractivity contribution in [2.24, 2.45) is 0 Å². The van der Waals surface area contributed by atoms with Gasteiger partial charge >= 0.3 is 0 Å². The van der Waals surface area contributed by atoms with E-state index in [2.05, 4.69) is 20.0 Å². The molecule has 4 rings (SSSR count). The first-order chi connectivity index (χ1) is 9.43. The number of imidazole rings is 1. The minimum atomic E-state index is 0.760. The summed E-state index contributed by atoms with van der Waals surface area (Å²) < 4.78 is 11.9. The van der Waals surface area contributed by atoms with Crippen LogP contribution < -0.4 is 4.74 Å². The molecule has 0 amide bonds. The lowest BCUT2D eigenvalue weighted by Gasteiger charge is -2.10. The van der Waals surface area contributed by atoms with E-state index in [1.807, 2.05) is 36.1 Å². The topological polar surface area (TPSA) is 39.9 Å². The summed E-state index contributed by atoms with van der Waals surface area (Å²) in [6.07, 6.45) is 6.61. The number of aromatic nitrogens is 3. The van der Waals surface area contributed by atoms with Crippen LogP contribution in [0.4, 0.5) is 0 Å². The van der Waals surface area contributed by atoms with Gasteiger partial charge in [0.2, 0.25) is 0 Å². The highest BCUT2D eigenvalue weighted by Gasteiger charge is 2.18. The van der Waals surface area contributed by atoms with Crippen molar-refractivity contribution >= 4 is 11.5 Å². The average Bonchev–Trinajstić information content (AvgIpc) is 3.18. The van der Waals surface area contributed by atoms with Crippen LogP contribution >= 0.6 is 11.5 Å². The molecule has 0 spiro atoms. The van der Waals surface area contributed by atoms with E-state index >= 15 is 0 Å².